The van der Waals surface area contributed by atoms with Crippen molar-refractivity contribution in [3.63, 3.8) is 0 Å². The van der Waals surface area contributed by atoms with Gasteiger partial charge in [0.05, 0.1) is 6.54 Å². The van der Waals surface area contributed by atoms with Gasteiger partial charge in [-0.25, -0.2) is 14.4 Å². The fourth-order valence-electron chi connectivity index (χ4n) is 2.88. The smallest absolute Gasteiger partial charge is 0.170 e. The predicted molar refractivity (Wildman–Crippen MR) is 84.7 cm³/mol. The number of hydrogen-bond acceptors (Lipinski definition) is 5. The molecule has 23 heavy (non-hydrogen) atoms. The van der Waals surface area contributed by atoms with Crippen molar-refractivity contribution in [2.45, 2.75) is 31.7 Å². The maximum Gasteiger partial charge on any atom is 0.170 e. The van der Waals surface area contributed by atoms with Crippen LogP contribution in [0.2, 0.25) is 0 Å². The van der Waals surface area contributed by atoms with E-state index in [4.69, 9.17) is 4.52 Å². The number of fused-ring (bicyclic) bond motifs is 1. The van der Waals surface area contributed by atoms with E-state index in [1.807, 2.05) is 18.0 Å². The molecule has 4 rings (SSSR count). The van der Waals surface area contributed by atoms with Crippen LogP contribution in [0.3, 0.4) is 0 Å². The molecule has 0 bridgehead atoms. The number of aromatic nitrogens is 3. The second-order valence-electron chi connectivity index (χ2n) is 6.05. The van der Waals surface area contributed by atoms with Crippen LogP contribution in [0.4, 0.5) is 10.2 Å². The van der Waals surface area contributed by atoms with Crippen molar-refractivity contribution < 1.29 is 8.91 Å². The van der Waals surface area contributed by atoms with E-state index in [1.165, 1.54) is 31.4 Å². The lowest BCUT2D eigenvalue weighted by Gasteiger charge is -2.25. The number of nitrogens with zero attached hydrogens (tertiary/aromatic N) is 4. The summed E-state index contributed by atoms with van der Waals surface area (Å²) in [5.74, 6) is 1.11. The fourth-order valence-corrected chi connectivity index (χ4v) is 2.88. The number of anilines is 1. The van der Waals surface area contributed by atoms with Crippen LogP contribution in [0.5, 0.6) is 0 Å². The highest BCUT2D eigenvalue weighted by atomic mass is 19.1. The highest BCUT2D eigenvalue weighted by molar-refractivity contribution is 5.79. The summed E-state index contributed by atoms with van der Waals surface area (Å²) in [4.78, 5) is 10.7. The summed E-state index contributed by atoms with van der Waals surface area (Å²) < 4.78 is 18.4. The Morgan fingerprint density at radius 3 is 2.91 bits per heavy atom. The van der Waals surface area contributed by atoms with Gasteiger partial charge in [0.25, 0.3) is 0 Å². The molecule has 1 fully saturated rings. The van der Waals surface area contributed by atoms with Crippen LogP contribution in [0, 0.1) is 5.82 Å². The molecule has 5 nitrogen and oxygen atoms in total. The molecule has 1 aliphatic rings. The molecule has 0 unspecified atom stereocenters. The molecule has 0 radical (unpaired) electrons. The maximum absolute atomic E-state index is 13.2. The van der Waals surface area contributed by atoms with Crippen molar-refractivity contribution in [1.29, 1.82) is 0 Å². The van der Waals surface area contributed by atoms with Gasteiger partial charge in [-0.1, -0.05) is 11.6 Å². The number of hydrogen-bond donors (Lipinski definition) is 0. The molecule has 0 saturated heterocycles. The molecule has 0 spiro atoms. The summed E-state index contributed by atoms with van der Waals surface area (Å²) >= 11 is 0. The van der Waals surface area contributed by atoms with Crippen LogP contribution >= 0.6 is 0 Å². The van der Waals surface area contributed by atoms with E-state index in [-0.39, 0.29) is 5.82 Å². The average molecular weight is 312 g/mol. The highest BCUT2D eigenvalue weighted by Crippen LogP contribution is 2.35. The number of benzene rings is 1. The number of halogens is 1. The monoisotopic (exact) mass is 312 g/mol. The summed E-state index contributed by atoms with van der Waals surface area (Å²) in [5.41, 5.74) is 2.35. The third-order valence-electron chi connectivity index (χ3n) is 4.48. The zero-order valence-electron chi connectivity index (χ0n) is 12.9. The summed E-state index contributed by atoms with van der Waals surface area (Å²) in [6, 6.07) is 6.52. The molecule has 1 saturated carbocycles. The van der Waals surface area contributed by atoms with E-state index in [0.29, 0.717) is 18.0 Å². The minimum atomic E-state index is -0.325. The van der Waals surface area contributed by atoms with Gasteiger partial charge in [0.2, 0.25) is 0 Å². The second kappa shape index (κ2) is 5.61. The Kier molecular flexibility index (Phi) is 3.44. The van der Waals surface area contributed by atoms with E-state index in [2.05, 4.69) is 15.1 Å². The van der Waals surface area contributed by atoms with Gasteiger partial charge in [0.15, 0.2) is 5.58 Å². The lowest BCUT2D eigenvalue weighted by atomic mass is 9.83. The first-order valence-electron chi connectivity index (χ1n) is 7.77. The first-order chi connectivity index (χ1) is 11.2. The SMILES string of the molecule is CN(Cc1noc2cc(F)ccc12)c1cc(C2CCC2)ncn1. The van der Waals surface area contributed by atoms with E-state index in [9.17, 15) is 4.39 Å². The minimum absolute atomic E-state index is 0.325. The third-order valence-corrected chi connectivity index (χ3v) is 4.48. The van der Waals surface area contributed by atoms with Gasteiger partial charge < -0.3 is 9.42 Å². The molecule has 2 aromatic heterocycles. The lowest BCUT2D eigenvalue weighted by Crippen LogP contribution is -2.19. The zero-order valence-corrected chi connectivity index (χ0v) is 12.9. The first-order valence-corrected chi connectivity index (χ1v) is 7.77. The van der Waals surface area contributed by atoms with Gasteiger partial charge in [0.1, 0.15) is 23.7 Å². The van der Waals surface area contributed by atoms with Crippen molar-refractivity contribution >= 4 is 16.8 Å². The van der Waals surface area contributed by atoms with Crippen LogP contribution in [-0.4, -0.2) is 22.2 Å². The Bertz CT molecular complexity index is 843. The molecule has 3 aromatic rings. The van der Waals surface area contributed by atoms with E-state index in [1.54, 1.807) is 12.4 Å². The van der Waals surface area contributed by atoms with Crippen molar-refractivity contribution in [3.8, 4) is 0 Å². The van der Waals surface area contributed by atoms with E-state index < -0.39 is 0 Å². The fraction of sp³-hybridized carbons (Fsp3) is 0.353. The van der Waals surface area contributed by atoms with Crippen molar-refractivity contribution in [1.82, 2.24) is 15.1 Å². The first kappa shape index (κ1) is 14.1. The van der Waals surface area contributed by atoms with Gasteiger partial charge in [0, 0.05) is 36.2 Å². The van der Waals surface area contributed by atoms with Gasteiger partial charge in [-0.3, -0.25) is 0 Å². The normalized spacial score (nSPS) is 14.9. The molecule has 1 aromatic carbocycles. The number of rotatable bonds is 4. The van der Waals surface area contributed by atoms with E-state index >= 15 is 0 Å². The quantitative estimate of drug-likeness (QED) is 0.736. The van der Waals surface area contributed by atoms with Crippen LogP contribution in [0.1, 0.15) is 36.6 Å². The lowest BCUT2D eigenvalue weighted by molar-refractivity contribution is 0.410. The van der Waals surface area contributed by atoms with Crippen molar-refractivity contribution in [3.05, 3.63) is 47.8 Å². The molecule has 118 valence electrons. The van der Waals surface area contributed by atoms with Crippen LogP contribution in [-0.2, 0) is 6.54 Å². The van der Waals surface area contributed by atoms with Crippen LogP contribution in [0.25, 0.3) is 11.0 Å². The predicted octanol–water partition coefficient (Wildman–Crippen LogP) is 3.66. The van der Waals surface area contributed by atoms with Crippen LogP contribution < -0.4 is 4.90 Å². The van der Waals surface area contributed by atoms with Gasteiger partial charge in [-0.05, 0) is 25.0 Å². The zero-order chi connectivity index (χ0) is 15.8. The summed E-state index contributed by atoms with van der Waals surface area (Å²) in [7, 11) is 1.96. The molecule has 2 heterocycles. The molecule has 0 N–H and O–H groups in total. The molecular formula is C17H17FN4O. The summed E-state index contributed by atoms with van der Waals surface area (Å²) in [6.45, 7) is 0.541. The standard InChI is InChI=1S/C17H17FN4O/c1-22(17-8-14(19-10-20-17)11-3-2-4-11)9-15-13-6-5-12(18)7-16(13)23-21-15/h5-8,10-11H,2-4,9H2,1H3. The Morgan fingerprint density at radius 1 is 1.26 bits per heavy atom. The van der Waals surface area contributed by atoms with Gasteiger partial charge >= 0.3 is 0 Å². The topological polar surface area (TPSA) is 55.1 Å². The molecule has 6 heteroatoms. The molecule has 1 aliphatic carbocycles. The third kappa shape index (κ3) is 2.65. The molecule has 0 atom stereocenters. The average Bonchev–Trinajstić information content (AvgIpc) is 2.88. The van der Waals surface area contributed by atoms with Crippen LogP contribution in [0.15, 0.2) is 35.1 Å². The minimum Gasteiger partial charge on any atom is -0.356 e. The highest BCUT2D eigenvalue weighted by Gasteiger charge is 2.22. The second-order valence-corrected chi connectivity index (χ2v) is 6.05. The Morgan fingerprint density at radius 2 is 2.13 bits per heavy atom. The van der Waals surface area contributed by atoms with E-state index in [0.717, 1.165) is 22.6 Å². The molecule has 0 aliphatic heterocycles. The van der Waals surface area contributed by atoms with Gasteiger partial charge in [-0.15, -0.1) is 0 Å². The Labute approximate surface area is 133 Å². The Balaban J connectivity index is 1.58. The Hall–Kier alpha value is -2.50. The van der Waals surface area contributed by atoms with Gasteiger partial charge in [-0.2, -0.15) is 0 Å². The van der Waals surface area contributed by atoms with Crippen molar-refractivity contribution in [2.24, 2.45) is 0 Å². The molecule has 0 amide bonds. The maximum atomic E-state index is 13.2. The molecular weight excluding hydrogens is 295 g/mol. The largest absolute Gasteiger partial charge is 0.356 e. The van der Waals surface area contributed by atoms with Crippen molar-refractivity contribution in [2.75, 3.05) is 11.9 Å². The summed E-state index contributed by atoms with van der Waals surface area (Å²) in [5, 5.41) is 4.89. The summed E-state index contributed by atoms with van der Waals surface area (Å²) in [6.07, 6.45) is 5.32.